The summed E-state index contributed by atoms with van der Waals surface area (Å²) in [5.41, 5.74) is 6.62. The number of benzene rings is 2. The fourth-order valence-corrected chi connectivity index (χ4v) is 3.89. The van der Waals surface area contributed by atoms with E-state index in [9.17, 15) is 9.59 Å². The number of hydrogen-bond donors (Lipinski definition) is 0. The predicted octanol–water partition coefficient (Wildman–Crippen LogP) is 4.77. The van der Waals surface area contributed by atoms with Gasteiger partial charge in [0, 0.05) is 49.8 Å². The van der Waals surface area contributed by atoms with Crippen molar-refractivity contribution in [2.45, 2.75) is 34.2 Å². The summed E-state index contributed by atoms with van der Waals surface area (Å²) in [5, 5.41) is 0. The lowest BCUT2D eigenvalue weighted by Gasteiger charge is -2.21. The second kappa shape index (κ2) is 9.21. The molecular formula is C26H31N3O2. The third-order valence-corrected chi connectivity index (χ3v) is 5.67. The first kappa shape index (κ1) is 22.3. The van der Waals surface area contributed by atoms with E-state index in [1.165, 1.54) is 5.56 Å². The minimum Gasteiger partial charge on any atom is -0.345 e. The van der Waals surface area contributed by atoms with Crippen LogP contribution in [0.15, 0.2) is 54.6 Å². The first-order chi connectivity index (χ1) is 14.7. The standard InChI is InChI=1S/C26H31N3O2/c1-7-28(17-21-12-14-22(15-13-21)25(30)27(5)6)26(31)23-16-19(3)29(20(23)4)24-11-9-8-10-18(24)2/h8-16H,7,17H2,1-6H3. The fourth-order valence-electron chi connectivity index (χ4n) is 3.89. The van der Waals surface area contributed by atoms with E-state index in [-0.39, 0.29) is 11.8 Å². The molecule has 0 fully saturated rings. The van der Waals surface area contributed by atoms with Crippen LogP contribution in [0.4, 0.5) is 0 Å². The Labute approximate surface area is 184 Å². The molecule has 3 rings (SSSR count). The highest BCUT2D eigenvalue weighted by Crippen LogP contribution is 2.24. The molecule has 2 aromatic carbocycles. The Balaban J connectivity index is 1.85. The Hall–Kier alpha value is -3.34. The van der Waals surface area contributed by atoms with Crippen LogP contribution in [0.3, 0.4) is 0 Å². The summed E-state index contributed by atoms with van der Waals surface area (Å²) in [6.07, 6.45) is 0. The van der Waals surface area contributed by atoms with E-state index in [1.54, 1.807) is 19.0 Å². The average molecular weight is 418 g/mol. The number of aromatic nitrogens is 1. The van der Waals surface area contributed by atoms with Gasteiger partial charge in [-0.05, 0) is 63.1 Å². The van der Waals surface area contributed by atoms with Gasteiger partial charge in [-0.25, -0.2) is 0 Å². The normalized spacial score (nSPS) is 10.8. The van der Waals surface area contributed by atoms with Gasteiger partial charge in [0.25, 0.3) is 11.8 Å². The van der Waals surface area contributed by atoms with Gasteiger partial charge in [0.1, 0.15) is 0 Å². The third kappa shape index (κ3) is 4.55. The van der Waals surface area contributed by atoms with E-state index in [4.69, 9.17) is 0 Å². The van der Waals surface area contributed by atoms with Crippen LogP contribution < -0.4 is 0 Å². The topological polar surface area (TPSA) is 45.6 Å². The summed E-state index contributed by atoms with van der Waals surface area (Å²) in [4.78, 5) is 28.9. The van der Waals surface area contributed by atoms with Gasteiger partial charge in [-0.3, -0.25) is 9.59 Å². The van der Waals surface area contributed by atoms with Crippen molar-refractivity contribution in [3.05, 3.63) is 88.2 Å². The predicted molar refractivity (Wildman–Crippen MR) is 125 cm³/mol. The Morgan fingerprint density at radius 3 is 2.13 bits per heavy atom. The molecule has 0 aliphatic heterocycles. The summed E-state index contributed by atoms with van der Waals surface area (Å²) < 4.78 is 2.15. The van der Waals surface area contributed by atoms with Gasteiger partial charge in [-0.15, -0.1) is 0 Å². The molecule has 1 heterocycles. The van der Waals surface area contributed by atoms with Crippen LogP contribution in [0.25, 0.3) is 5.69 Å². The highest BCUT2D eigenvalue weighted by atomic mass is 16.2. The average Bonchev–Trinajstić information content (AvgIpc) is 3.05. The highest BCUT2D eigenvalue weighted by Gasteiger charge is 2.22. The molecule has 0 aliphatic carbocycles. The Morgan fingerprint density at radius 1 is 0.903 bits per heavy atom. The molecule has 3 aromatic rings. The van der Waals surface area contributed by atoms with E-state index >= 15 is 0 Å². The van der Waals surface area contributed by atoms with Crippen LogP contribution in [0, 0.1) is 20.8 Å². The molecule has 0 unspecified atom stereocenters. The highest BCUT2D eigenvalue weighted by molar-refractivity contribution is 5.96. The number of para-hydroxylation sites is 1. The van der Waals surface area contributed by atoms with E-state index in [2.05, 4.69) is 23.6 Å². The van der Waals surface area contributed by atoms with Gasteiger partial charge in [0.15, 0.2) is 0 Å². The smallest absolute Gasteiger partial charge is 0.255 e. The summed E-state index contributed by atoms with van der Waals surface area (Å²) in [7, 11) is 3.47. The quantitative estimate of drug-likeness (QED) is 0.580. The molecule has 1 aromatic heterocycles. The van der Waals surface area contributed by atoms with Gasteiger partial charge in [0.05, 0.1) is 5.56 Å². The maximum Gasteiger partial charge on any atom is 0.255 e. The molecule has 162 valence electrons. The lowest BCUT2D eigenvalue weighted by atomic mass is 10.1. The summed E-state index contributed by atoms with van der Waals surface area (Å²) in [5.74, 6) is -0.0116. The van der Waals surface area contributed by atoms with Crippen molar-refractivity contribution in [2.75, 3.05) is 20.6 Å². The van der Waals surface area contributed by atoms with E-state index in [1.807, 2.05) is 68.1 Å². The number of aryl methyl sites for hydroxylation is 2. The summed E-state index contributed by atoms with van der Waals surface area (Å²) >= 11 is 0. The monoisotopic (exact) mass is 417 g/mol. The van der Waals surface area contributed by atoms with Crippen molar-refractivity contribution in [1.29, 1.82) is 0 Å². The van der Waals surface area contributed by atoms with Crippen molar-refractivity contribution in [2.24, 2.45) is 0 Å². The SMILES string of the molecule is CCN(Cc1ccc(C(=O)N(C)C)cc1)C(=O)c1cc(C)n(-c2ccccc2C)c1C. The zero-order valence-corrected chi connectivity index (χ0v) is 19.3. The molecule has 5 nitrogen and oxygen atoms in total. The lowest BCUT2D eigenvalue weighted by molar-refractivity contribution is 0.0750. The number of hydrogen-bond acceptors (Lipinski definition) is 2. The molecule has 2 amide bonds. The second-order valence-corrected chi connectivity index (χ2v) is 8.12. The Bertz CT molecular complexity index is 1090. The summed E-state index contributed by atoms with van der Waals surface area (Å²) in [6.45, 7) is 9.21. The zero-order chi connectivity index (χ0) is 22.7. The lowest BCUT2D eigenvalue weighted by Crippen LogP contribution is -2.30. The van der Waals surface area contributed by atoms with Gasteiger partial charge in [-0.1, -0.05) is 30.3 Å². The molecule has 0 spiro atoms. The number of nitrogens with zero attached hydrogens (tertiary/aromatic N) is 3. The maximum atomic E-state index is 13.4. The maximum absolute atomic E-state index is 13.4. The van der Waals surface area contributed by atoms with Crippen LogP contribution in [-0.4, -0.2) is 46.8 Å². The van der Waals surface area contributed by atoms with Gasteiger partial charge >= 0.3 is 0 Å². The molecule has 0 N–H and O–H groups in total. The van der Waals surface area contributed by atoms with E-state index in [0.29, 0.717) is 18.7 Å². The minimum absolute atomic E-state index is 0.0175. The van der Waals surface area contributed by atoms with Gasteiger partial charge < -0.3 is 14.4 Å². The molecule has 0 saturated carbocycles. The van der Waals surface area contributed by atoms with Crippen molar-refractivity contribution in [3.8, 4) is 5.69 Å². The minimum atomic E-state index is -0.0291. The number of amides is 2. The molecule has 31 heavy (non-hydrogen) atoms. The van der Waals surface area contributed by atoms with Crippen molar-refractivity contribution < 1.29 is 9.59 Å². The molecular weight excluding hydrogens is 386 g/mol. The van der Waals surface area contributed by atoms with Crippen LogP contribution in [-0.2, 0) is 6.54 Å². The molecule has 0 aliphatic rings. The molecule has 0 bridgehead atoms. The van der Waals surface area contributed by atoms with Crippen molar-refractivity contribution >= 4 is 11.8 Å². The second-order valence-electron chi connectivity index (χ2n) is 8.12. The van der Waals surface area contributed by atoms with Crippen molar-refractivity contribution in [3.63, 3.8) is 0 Å². The van der Waals surface area contributed by atoms with Crippen LogP contribution in [0.1, 0.15) is 50.2 Å². The fraction of sp³-hybridized carbons (Fsp3) is 0.308. The van der Waals surface area contributed by atoms with E-state index < -0.39 is 0 Å². The molecule has 0 atom stereocenters. The number of carbonyl (C=O) groups excluding carboxylic acids is 2. The summed E-state index contributed by atoms with van der Waals surface area (Å²) in [6, 6.07) is 17.7. The first-order valence-corrected chi connectivity index (χ1v) is 10.6. The first-order valence-electron chi connectivity index (χ1n) is 10.6. The Kier molecular flexibility index (Phi) is 6.64. The molecule has 5 heteroatoms. The number of carbonyl (C=O) groups is 2. The number of rotatable bonds is 6. The third-order valence-electron chi connectivity index (χ3n) is 5.67. The van der Waals surface area contributed by atoms with Crippen LogP contribution in [0.2, 0.25) is 0 Å². The van der Waals surface area contributed by atoms with Gasteiger partial charge in [-0.2, -0.15) is 0 Å². The zero-order valence-electron chi connectivity index (χ0n) is 19.3. The van der Waals surface area contributed by atoms with Crippen LogP contribution in [0.5, 0.6) is 0 Å². The molecule has 0 radical (unpaired) electrons. The Morgan fingerprint density at radius 2 is 1.55 bits per heavy atom. The van der Waals surface area contributed by atoms with Gasteiger partial charge in [0.2, 0.25) is 0 Å². The van der Waals surface area contributed by atoms with Crippen LogP contribution >= 0.6 is 0 Å². The largest absolute Gasteiger partial charge is 0.345 e. The van der Waals surface area contributed by atoms with Crippen molar-refractivity contribution in [1.82, 2.24) is 14.4 Å². The van der Waals surface area contributed by atoms with E-state index in [0.717, 1.165) is 28.2 Å². The molecule has 0 saturated heterocycles.